The Balaban J connectivity index is 2.45. The van der Waals surface area contributed by atoms with Gasteiger partial charge in [0.25, 0.3) is 0 Å². The summed E-state index contributed by atoms with van der Waals surface area (Å²) >= 11 is 0. The molecule has 1 heterocycles. The maximum absolute atomic E-state index is 5.86. The van der Waals surface area contributed by atoms with E-state index in [2.05, 4.69) is 37.6 Å². The van der Waals surface area contributed by atoms with E-state index in [4.69, 9.17) is 5.73 Å². The largest absolute Gasteiger partial charge is 0.330 e. The summed E-state index contributed by atoms with van der Waals surface area (Å²) in [5, 5.41) is 0. The van der Waals surface area contributed by atoms with E-state index < -0.39 is 0 Å². The summed E-state index contributed by atoms with van der Waals surface area (Å²) in [6.45, 7) is 12.4. The van der Waals surface area contributed by atoms with Crippen LogP contribution >= 0.6 is 0 Å². The highest BCUT2D eigenvalue weighted by atomic mass is 15.3. The average molecular weight is 213 g/mol. The Morgan fingerprint density at radius 2 is 2.07 bits per heavy atom. The Morgan fingerprint density at radius 1 is 1.40 bits per heavy atom. The summed E-state index contributed by atoms with van der Waals surface area (Å²) in [6, 6.07) is 0.678. The van der Waals surface area contributed by atoms with Gasteiger partial charge in [0, 0.05) is 32.2 Å². The predicted molar refractivity (Wildman–Crippen MR) is 66.0 cm³/mol. The Kier molecular flexibility index (Phi) is 4.56. The maximum atomic E-state index is 5.86. The van der Waals surface area contributed by atoms with Gasteiger partial charge in [-0.25, -0.2) is 0 Å². The number of nitrogens with zero attached hydrogens (tertiary/aromatic N) is 2. The topological polar surface area (TPSA) is 32.5 Å². The third kappa shape index (κ3) is 3.44. The molecule has 0 bridgehead atoms. The highest BCUT2D eigenvalue weighted by Crippen LogP contribution is 2.22. The van der Waals surface area contributed by atoms with Crippen LogP contribution in [0, 0.1) is 5.41 Å². The SMILES string of the molecule is CCC(C)(CN)CN1CCN(C)C(C)C1. The van der Waals surface area contributed by atoms with Crippen LogP contribution in [0.15, 0.2) is 0 Å². The molecule has 3 nitrogen and oxygen atoms in total. The van der Waals surface area contributed by atoms with Crippen molar-refractivity contribution in [3.05, 3.63) is 0 Å². The maximum Gasteiger partial charge on any atom is 0.0192 e. The zero-order chi connectivity index (χ0) is 11.5. The van der Waals surface area contributed by atoms with Crippen LogP contribution in [0.1, 0.15) is 27.2 Å². The fraction of sp³-hybridized carbons (Fsp3) is 1.00. The van der Waals surface area contributed by atoms with E-state index in [9.17, 15) is 0 Å². The van der Waals surface area contributed by atoms with E-state index in [0.717, 1.165) is 13.1 Å². The summed E-state index contributed by atoms with van der Waals surface area (Å²) in [4.78, 5) is 5.00. The van der Waals surface area contributed by atoms with Crippen LogP contribution in [-0.2, 0) is 0 Å². The first kappa shape index (κ1) is 12.9. The molecule has 2 atom stereocenters. The predicted octanol–water partition coefficient (Wildman–Crippen LogP) is 0.997. The summed E-state index contributed by atoms with van der Waals surface area (Å²) < 4.78 is 0. The molecule has 2 unspecified atom stereocenters. The van der Waals surface area contributed by atoms with Crippen molar-refractivity contribution in [1.82, 2.24) is 9.80 Å². The van der Waals surface area contributed by atoms with Crippen molar-refractivity contribution < 1.29 is 0 Å². The zero-order valence-electron chi connectivity index (χ0n) is 10.8. The van der Waals surface area contributed by atoms with Crippen LogP contribution < -0.4 is 5.73 Å². The summed E-state index contributed by atoms with van der Waals surface area (Å²) in [7, 11) is 2.21. The Hall–Kier alpha value is -0.120. The number of hydrogen-bond acceptors (Lipinski definition) is 3. The third-order valence-electron chi connectivity index (χ3n) is 4.00. The lowest BCUT2D eigenvalue weighted by Gasteiger charge is -2.41. The quantitative estimate of drug-likeness (QED) is 0.756. The van der Waals surface area contributed by atoms with Gasteiger partial charge >= 0.3 is 0 Å². The molecule has 0 aromatic carbocycles. The molecule has 2 N–H and O–H groups in total. The molecule has 0 saturated carbocycles. The fourth-order valence-corrected chi connectivity index (χ4v) is 2.13. The third-order valence-corrected chi connectivity index (χ3v) is 4.00. The lowest BCUT2D eigenvalue weighted by Crippen LogP contribution is -2.53. The second kappa shape index (κ2) is 5.28. The van der Waals surface area contributed by atoms with Gasteiger partial charge in [0.15, 0.2) is 0 Å². The van der Waals surface area contributed by atoms with Gasteiger partial charge < -0.3 is 10.6 Å². The lowest BCUT2D eigenvalue weighted by molar-refractivity contribution is 0.0707. The van der Waals surface area contributed by atoms with Crippen molar-refractivity contribution in [1.29, 1.82) is 0 Å². The zero-order valence-corrected chi connectivity index (χ0v) is 10.8. The molecular weight excluding hydrogens is 186 g/mol. The first-order chi connectivity index (χ1) is 7.00. The Bertz CT molecular complexity index is 189. The molecule has 1 fully saturated rings. The van der Waals surface area contributed by atoms with Crippen molar-refractivity contribution in [2.75, 3.05) is 39.8 Å². The number of likely N-dealkylation sites (N-methyl/N-ethyl adjacent to an activating group) is 1. The van der Waals surface area contributed by atoms with Crippen molar-refractivity contribution >= 4 is 0 Å². The van der Waals surface area contributed by atoms with E-state index in [-0.39, 0.29) is 0 Å². The van der Waals surface area contributed by atoms with Crippen molar-refractivity contribution in [2.24, 2.45) is 11.1 Å². The second-order valence-electron chi connectivity index (χ2n) is 5.43. The van der Waals surface area contributed by atoms with Gasteiger partial charge in [0.1, 0.15) is 0 Å². The minimum Gasteiger partial charge on any atom is -0.330 e. The number of piperazine rings is 1. The van der Waals surface area contributed by atoms with E-state index >= 15 is 0 Å². The van der Waals surface area contributed by atoms with Crippen LogP contribution in [0.5, 0.6) is 0 Å². The minimum absolute atomic E-state index is 0.301. The number of nitrogens with two attached hydrogens (primary N) is 1. The van der Waals surface area contributed by atoms with E-state index in [1.807, 2.05) is 0 Å². The first-order valence-electron chi connectivity index (χ1n) is 6.13. The van der Waals surface area contributed by atoms with Crippen molar-refractivity contribution in [2.45, 2.75) is 33.2 Å². The molecule has 90 valence electrons. The van der Waals surface area contributed by atoms with Crippen LogP contribution in [0.4, 0.5) is 0 Å². The normalized spacial score (nSPS) is 29.0. The fourth-order valence-electron chi connectivity index (χ4n) is 2.13. The van der Waals surface area contributed by atoms with Gasteiger partial charge in [0.05, 0.1) is 0 Å². The molecule has 1 aliphatic heterocycles. The Morgan fingerprint density at radius 3 is 2.53 bits per heavy atom. The van der Waals surface area contributed by atoms with Gasteiger partial charge in [-0.1, -0.05) is 13.8 Å². The first-order valence-corrected chi connectivity index (χ1v) is 6.13. The molecule has 0 amide bonds. The highest BCUT2D eigenvalue weighted by Gasteiger charge is 2.27. The molecule has 0 aromatic heterocycles. The molecule has 0 radical (unpaired) electrons. The molecule has 3 heteroatoms. The van der Waals surface area contributed by atoms with Crippen molar-refractivity contribution in [3.63, 3.8) is 0 Å². The van der Waals surface area contributed by atoms with Gasteiger partial charge in [0.2, 0.25) is 0 Å². The van der Waals surface area contributed by atoms with Gasteiger partial charge in [-0.15, -0.1) is 0 Å². The van der Waals surface area contributed by atoms with E-state index in [1.165, 1.54) is 26.1 Å². The smallest absolute Gasteiger partial charge is 0.0192 e. The van der Waals surface area contributed by atoms with Crippen molar-refractivity contribution in [3.8, 4) is 0 Å². The standard InChI is InChI=1S/C12H27N3/c1-5-12(3,9-13)10-15-7-6-14(4)11(2)8-15/h11H,5-10,13H2,1-4H3. The molecule has 1 rings (SSSR count). The van der Waals surface area contributed by atoms with Crippen LogP contribution in [0.3, 0.4) is 0 Å². The lowest BCUT2D eigenvalue weighted by atomic mass is 9.87. The average Bonchev–Trinajstić information content (AvgIpc) is 2.23. The monoisotopic (exact) mass is 213 g/mol. The summed E-state index contributed by atoms with van der Waals surface area (Å²) in [5.41, 5.74) is 6.16. The molecule has 1 saturated heterocycles. The van der Waals surface area contributed by atoms with E-state index in [0.29, 0.717) is 11.5 Å². The number of rotatable bonds is 4. The molecule has 1 aliphatic rings. The second-order valence-corrected chi connectivity index (χ2v) is 5.43. The minimum atomic E-state index is 0.301. The summed E-state index contributed by atoms with van der Waals surface area (Å²) in [6.07, 6.45) is 1.17. The molecule has 0 aromatic rings. The highest BCUT2D eigenvalue weighted by molar-refractivity contribution is 4.83. The number of hydrogen-bond donors (Lipinski definition) is 1. The van der Waals surface area contributed by atoms with Crippen LogP contribution in [0.25, 0.3) is 0 Å². The molecular formula is C12H27N3. The van der Waals surface area contributed by atoms with Gasteiger partial charge in [-0.2, -0.15) is 0 Å². The summed E-state index contributed by atoms with van der Waals surface area (Å²) in [5.74, 6) is 0. The van der Waals surface area contributed by atoms with Crippen LogP contribution in [0.2, 0.25) is 0 Å². The van der Waals surface area contributed by atoms with Gasteiger partial charge in [-0.05, 0) is 32.4 Å². The Labute approximate surface area is 94.6 Å². The molecule has 0 spiro atoms. The molecule has 15 heavy (non-hydrogen) atoms. The van der Waals surface area contributed by atoms with Crippen LogP contribution in [-0.4, -0.2) is 55.6 Å². The van der Waals surface area contributed by atoms with E-state index in [1.54, 1.807) is 0 Å². The molecule has 0 aliphatic carbocycles. The van der Waals surface area contributed by atoms with Gasteiger partial charge in [-0.3, -0.25) is 4.90 Å².